The van der Waals surface area contributed by atoms with Crippen LogP contribution in [0.25, 0.3) is 0 Å². The van der Waals surface area contributed by atoms with E-state index in [1.165, 1.54) is 6.07 Å². The Morgan fingerprint density at radius 2 is 2.04 bits per heavy atom. The maximum absolute atomic E-state index is 13.7. The monoisotopic (exact) mass is 375 g/mol. The van der Waals surface area contributed by atoms with E-state index in [1.54, 1.807) is 4.90 Å². The van der Waals surface area contributed by atoms with Crippen molar-refractivity contribution in [3.05, 3.63) is 33.6 Å². The van der Waals surface area contributed by atoms with Gasteiger partial charge in [0.05, 0.1) is 15.6 Å². The number of likely N-dealkylation sites (tertiary alicyclic amines) is 1. The topological polar surface area (TPSA) is 75.4 Å². The first-order valence-corrected chi connectivity index (χ1v) is 8.62. The summed E-state index contributed by atoms with van der Waals surface area (Å²) in [6.45, 7) is 1.16. The number of piperidine rings is 1. The number of nitrogens with one attached hydrogen (secondary N) is 1. The Hall–Kier alpha value is -1.37. The molecular weight excluding hydrogens is 356 g/mol. The summed E-state index contributed by atoms with van der Waals surface area (Å²) >= 11 is 11.7. The molecule has 0 radical (unpaired) electrons. The highest BCUT2D eigenvalue weighted by molar-refractivity contribution is 6.36. The lowest BCUT2D eigenvalue weighted by Gasteiger charge is -2.36. The van der Waals surface area contributed by atoms with Gasteiger partial charge in [0.2, 0.25) is 5.91 Å². The summed E-state index contributed by atoms with van der Waals surface area (Å²) in [5.41, 5.74) is 5.43. The molecule has 1 aromatic rings. The van der Waals surface area contributed by atoms with Crippen LogP contribution in [0.4, 0.5) is 4.39 Å². The summed E-state index contributed by atoms with van der Waals surface area (Å²) in [6, 6.07) is 2.14. The molecule has 1 aliphatic rings. The second kappa shape index (κ2) is 8.65. The lowest BCUT2D eigenvalue weighted by atomic mass is 10.0. The number of hydrogen-bond acceptors (Lipinski definition) is 3. The minimum absolute atomic E-state index is 0.0822. The van der Waals surface area contributed by atoms with E-state index >= 15 is 0 Å². The fourth-order valence-corrected chi connectivity index (χ4v) is 3.24. The Morgan fingerprint density at radius 1 is 1.29 bits per heavy atom. The van der Waals surface area contributed by atoms with Crippen molar-refractivity contribution in [2.75, 3.05) is 19.6 Å². The minimum Gasteiger partial charge on any atom is -0.354 e. The average molecular weight is 376 g/mol. The van der Waals surface area contributed by atoms with Gasteiger partial charge in [0, 0.05) is 32.1 Å². The molecule has 8 heteroatoms. The zero-order valence-corrected chi connectivity index (χ0v) is 14.7. The first-order chi connectivity index (χ1) is 11.4. The van der Waals surface area contributed by atoms with E-state index in [0.29, 0.717) is 13.1 Å². The number of rotatable bonds is 5. The fourth-order valence-electron chi connectivity index (χ4n) is 2.77. The number of carbonyl (C=O) groups is 2. The van der Waals surface area contributed by atoms with E-state index in [-0.39, 0.29) is 46.4 Å². The lowest BCUT2D eigenvalue weighted by molar-refractivity contribution is -0.121. The predicted molar refractivity (Wildman–Crippen MR) is 91.8 cm³/mol. The molecule has 0 aliphatic carbocycles. The molecule has 0 aromatic heterocycles. The van der Waals surface area contributed by atoms with Crippen LogP contribution in [0.15, 0.2) is 12.1 Å². The Kier molecular flexibility index (Phi) is 6.83. The van der Waals surface area contributed by atoms with Gasteiger partial charge in [-0.15, -0.1) is 0 Å². The van der Waals surface area contributed by atoms with Gasteiger partial charge < -0.3 is 16.0 Å². The third kappa shape index (κ3) is 4.59. The van der Waals surface area contributed by atoms with Gasteiger partial charge in [-0.3, -0.25) is 9.59 Å². The van der Waals surface area contributed by atoms with Crippen molar-refractivity contribution in [1.29, 1.82) is 0 Å². The van der Waals surface area contributed by atoms with Crippen LogP contribution in [0.3, 0.4) is 0 Å². The van der Waals surface area contributed by atoms with E-state index < -0.39 is 5.82 Å². The Balaban J connectivity index is 2.13. The number of hydrogen-bond donors (Lipinski definition) is 2. The van der Waals surface area contributed by atoms with Gasteiger partial charge in [0.15, 0.2) is 0 Å². The molecule has 132 valence electrons. The second-order valence-corrected chi connectivity index (χ2v) is 6.55. The molecule has 1 fully saturated rings. The van der Waals surface area contributed by atoms with Crippen molar-refractivity contribution in [3.63, 3.8) is 0 Å². The number of nitrogens with two attached hydrogens (primary N) is 1. The van der Waals surface area contributed by atoms with Crippen LogP contribution in [0.1, 0.15) is 36.0 Å². The first kappa shape index (κ1) is 19.0. The third-order valence-electron chi connectivity index (χ3n) is 4.03. The number of carbonyl (C=O) groups excluding carboxylic acids is 2. The van der Waals surface area contributed by atoms with Gasteiger partial charge in [0.25, 0.3) is 5.91 Å². The zero-order chi connectivity index (χ0) is 17.7. The van der Waals surface area contributed by atoms with Crippen molar-refractivity contribution < 1.29 is 14.0 Å². The molecule has 24 heavy (non-hydrogen) atoms. The van der Waals surface area contributed by atoms with Gasteiger partial charge >= 0.3 is 0 Å². The van der Waals surface area contributed by atoms with E-state index in [9.17, 15) is 14.0 Å². The number of nitrogens with zero attached hydrogens (tertiary/aromatic N) is 1. The van der Waals surface area contributed by atoms with Crippen molar-refractivity contribution >= 4 is 35.0 Å². The summed E-state index contributed by atoms with van der Waals surface area (Å²) in [5, 5.41) is 2.77. The number of halogens is 3. The summed E-state index contributed by atoms with van der Waals surface area (Å²) in [7, 11) is 0. The molecule has 2 rings (SSSR count). The Bertz CT molecular complexity index is 628. The molecule has 1 aromatic carbocycles. The van der Waals surface area contributed by atoms with Crippen LogP contribution < -0.4 is 11.1 Å². The van der Waals surface area contributed by atoms with Gasteiger partial charge in [-0.25, -0.2) is 4.39 Å². The summed E-state index contributed by atoms with van der Waals surface area (Å²) in [4.78, 5) is 26.0. The van der Waals surface area contributed by atoms with Crippen LogP contribution in [0.5, 0.6) is 0 Å². The van der Waals surface area contributed by atoms with Crippen molar-refractivity contribution in [1.82, 2.24) is 10.2 Å². The molecule has 1 atom stereocenters. The summed E-state index contributed by atoms with van der Waals surface area (Å²) in [5.74, 6) is -1.19. The van der Waals surface area contributed by atoms with Gasteiger partial charge in [0.1, 0.15) is 5.82 Å². The highest BCUT2D eigenvalue weighted by Gasteiger charge is 2.29. The average Bonchev–Trinajstić information content (AvgIpc) is 2.56. The van der Waals surface area contributed by atoms with Crippen molar-refractivity contribution in [2.45, 2.75) is 31.7 Å². The second-order valence-electron chi connectivity index (χ2n) is 5.74. The Labute approximate surface area is 150 Å². The first-order valence-electron chi connectivity index (χ1n) is 7.86. The van der Waals surface area contributed by atoms with Gasteiger partial charge in [-0.1, -0.05) is 23.2 Å². The standard InChI is InChI=1S/C16H20Cl2FN3O2/c17-12-8-13(18)14(19)7-11(12)16(24)22-6-2-1-3-10(22)9-21-15(23)4-5-20/h7-8,10H,1-6,9,20H2,(H,21,23). The highest BCUT2D eigenvalue weighted by atomic mass is 35.5. The van der Waals surface area contributed by atoms with E-state index in [0.717, 1.165) is 25.3 Å². The summed E-state index contributed by atoms with van der Waals surface area (Å²) in [6.07, 6.45) is 2.83. The molecular formula is C16H20Cl2FN3O2. The van der Waals surface area contributed by atoms with Crippen LogP contribution in [-0.4, -0.2) is 42.4 Å². The quantitative estimate of drug-likeness (QED) is 0.776. The van der Waals surface area contributed by atoms with Gasteiger partial charge in [-0.2, -0.15) is 0 Å². The SMILES string of the molecule is NCCC(=O)NCC1CCCCN1C(=O)c1cc(F)c(Cl)cc1Cl. The Morgan fingerprint density at radius 3 is 2.75 bits per heavy atom. The normalized spacial score (nSPS) is 17.7. The molecule has 5 nitrogen and oxygen atoms in total. The number of amides is 2. The van der Waals surface area contributed by atoms with Crippen LogP contribution >= 0.6 is 23.2 Å². The number of benzene rings is 1. The molecule has 2 amide bonds. The molecule has 1 unspecified atom stereocenters. The fraction of sp³-hybridized carbons (Fsp3) is 0.500. The highest BCUT2D eigenvalue weighted by Crippen LogP contribution is 2.27. The minimum atomic E-state index is -0.686. The zero-order valence-electron chi connectivity index (χ0n) is 13.2. The molecule has 1 heterocycles. The van der Waals surface area contributed by atoms with Crippen LogP contribution in [0.2, 0.25) is 10.0 Å². The molecule has 0 spiro atoms. The van der Waals surface area contributed by atoms with Crippen molar-refractivity contribution in [2.24, 2.45) is 5.73 Å². The van der Waals surface area contributed by atoms with Gasteiger partial charge in [-0.05, 0) is 31.4 Å². The van der Waals surface area contributed by atoms with E-state index in [4.69, 9.17) is 28.9 Å². The molecule has 0 bridgehead atoms. The molecule has 1 saturated heterocycles. The van der Waals surface area contributed by atoms with Crippen LogP contribution in [-0.2, 0) is 4.79 Å². The molecule has 1 aliphatic heterocycles. The lowest BCUT2D eigenvalue weighted by Crippen LogP contribution is -2.49. The molecule has 0 saturated carbocycles. The smallest absolute Gasteiger partial charge is 0.255 e. The maximum atomic E-state index is 13.7. The van der Waals surface area contributed by atoms with Crippen molar-refractivity contribution in [3.8, 4) is 0 Å². The largest absolute Gasteiger partial charge is 0.354 e. The predicted octanol–water partition coefficient (Wildman–Crippen LogP) is 2.59. The summed E-state index contributed by atoms with van der Waals surface area (Å²) < 4.78 is 13.7. The van der Waals surface area contributed by atoms with E-state index in [1.807, 2.05) is 0 Å². The van der Waals surface area contributed by atoms with E-state index in [2.05, 4.69) is 5.32 Å². The van der Waals surface area contributed by atoms with Crippen LogP contribution in [0, 0.1) is 5.82 Å². The maximum Gasteiger partial charge on any atom is 0.255 e. The molecule has 3 N–H and O–H groups in total. The third-order valence-corrected chi connectivity index (χ3v) is 4.64.